The maximum absolute atomic E-state index is 12.4. The summed E-state index contributed by atoms with van der Waals surface area (Å²) >= 11 is 0. The number of imidazole rings is 1. The Labute approximate surface area is 151 Å². The molecule has 0 unspecified atom stereocenters. The molecular weight excluding hydrogens is 332 g/mol. The van der Waals surface area contributed by atoms with Crippen LogP contribution in [0, 0.1) is 17.8 Å². The lowest BCUT2D eigenvalue weighted by Gasteiger charge is -2.58. The van der Waals surface area contributed by atoms with Gasteiger partial charge in [-0.3, -0.25) is 0 Å². The molecule has 0 aromatic carbocycles. The van der Waals surface area contributed by atoms with Crippen LogP contribution in [-0.2, 0) is 4.74 Å². The first-order valence-electron chi connectivity index (χ1n) is 9.54. The number of nitrogens with zero attached hydrogens (tertiary/aromatic N) is 2. The molecule has 2 aromatic rings. The van der Waals surface area contributed by atoms with E-state index in [4.69, 9.17) is 4.74 Å². The zero-order valence-corrected chi connectivity index (χ0v) is 14.9. The van der Waals surface area contributed by atoms with Crippen LogP contribution in [0.4, 0.5) is 5.69 Å². The van der Waals surface area contributed by atoms with Gasteiger partial charge in [-0.05, 0) is 56.8 Å². The van der Waals surface area contributed by atoms with Gasteiger partial charge in [-0.15, -0.1) is 0 Å². The van der Waals surface area contributed by atoms with Crippen molar-refractivity contribution in [2.45, 2.75) is 50.7 Å². The number of ether oxygens (including phenoxy) is 1. The van der Waals surface area contributed by atoms with Gasteiger partial charge >= 0.3 is 5.97 Å². The molecule has 2 aromatic heterocycles. The summed E-state index contributed by atoms with van der Waals surface area (Å²) in [5.41, 5.74) is 1.99. The van der Waals surface area contributed by atoms with Gasteiger partial charge in [0.25, 0.3) is 0 Å². The second-order valence-electron chi connectivity index (χ2n) is 8.23. The first-order valence-corrected chi connectivity index (χ1v) is 9.54. The predicted molar refractivity (Wildman–Crippen MR) is 95.8 cm³/mol. The summed E-state index contributed by atoms with van der Waals surface area (Å²) in [4.78, 5) is 24.1. The summed E-state index contributed by atoms with van der Waals surface area (Å²) in [5, 5.41) is 14.5. The Morgan fingerprint density at radius 2 is 2.12 bits per heavy atom. The minimum absolute atomic E-state index is 0.252. The average Bonchev–Trinajstić information content (AvgIpc) is 3.05. The van der Waals surface area contributed by atoms with Gasteiger partial charge in [0.1, 0.15) is 11.1 Å². The van der Waals surface area contributed by atoms with Crippen molar-refractivity contribution in [3.05, 3.63) is 18.1 Å². The highest BCUT2D eigenvalue weighted by molar-refractivity contribution is 6.02. The van der Waals surface area contributed by atoms with Gasteiger partial charge in [0, 0.05) is 12.2 Å². The fourth-order valence-electron chi connectivity index (χ4n) is 5.78. The van der Waals surface area contributed by atoms with Gasteiger partial charge < -0.3 is 20.1 Å². The molecule has 0 amide bonds. The van der Waals surface area contributed by atoms with E-state index >= 15 is 0 Å². The van der Waals surface area contributed by atoms with Crippen LogP contribution in [0.15, 0.2) is 12.5 Å². The van der Waals surface area contributed by atoms with Crippen molar-refractivity contribution < 1.29 is 14.6 Å². The molecule has 7 heteroatoms. The Bertz CT molecular complexity index is 848. The largest absolute Gasteiger partial charge is 0.462 e. The summed E-state index contributed by atoms with van der Waals surface area (Å²) in [6.07, 6.45) is 8.11. The summed E-state index contributed by atoms with van der Waals surface area (Å²) < 4.78 is 5.22. The van der Waals surface area contributed by atoms with Crippen LogP contribution in [0.5, 0.6) is 0 Å². The van der Waals surface area contributed by atoms with E-state index in [2.05, 4.69) is 20.3 Å². The number of esters is 1. The summed E-state index contributed by atoms with van der Waals surface area (Å²) in [6, 6.07) is 0.252. The van der Waals surface area contributed by atoms with Gasteiger partial charge in [-0.2, -0.15) is 0 Å². The molecule has 4 aliphatic rings. The lowest BCUT2D eigenvalue weighted by atomic mass is 9.52. The molecule has 7 nitrogen and oxygen atoms in total. The molecule has 0 spiro atoms. The predicted octanol–water partition coefficient (Wildman–Crippen LogP) is 2.49. The maximum Gasteiger partial charge on any atom is 0.341 e. The van der Waals surface area contributed by atoms with Crippen molar-refractivity contribution in [3.63, 3.8) is 0 Å². The van der Waals surface area contributed by atoms with Crippen LogP contribution in [0.3, 0.4) is 0 Å². The Balaban J connectivity index is 1.52. The SMILES string of the molecule is CCOC(=O)c1cnc2[nH]cnc2c1NC1[C@H]2CC3C[C@H]1CC(O)(C3)C2. The standard InChI is InChI=1S/C19H24N4O3/c1-2-26-18(24)13-8-20-17-16(21-9-22-17)15(13)23-14-11-3-10-4-12(14)7-19(25,5-10)6-11/h8-12,14,25H,2-7H2,1H3,(H2,20,21,22,23)/t10?,11-,12-,14?,19?/m0/s1. The van der Waals surface area contributed by atoms with Crippen LogP contribution >= 0.6 is 0 Å². The van der Waals surface area contributed by atoms with Crippen molar-refractivity contribution >= 4 is 22.8 Å². The van der Waals surface area contributed by atoms with Crippen molar-refractivity contribution in [3.8, 4) is 0 Å². The lowest BCUT2D eigenvalue weighted by Crippen LogP contribution is -2.59. The van der Waals surface area contributed by atoms with E-state index in [0.29, 0.717) is 46.8 Å². The number of fused-ring (bicyclic) bond motifs is 1. The zero-order valence-electron chi connectivity index (χ0n) is 14.9. The van der Waals surface area contributed by atoms with Gasteiger partial charge in [0.15, 0.2) is 5.65 Å². The average molecular weight is 356 g/mol. The van der Waals surface area contributed by atoms with Crippen molar-refractivity contribution in [1.29, 1.82) is 0 Å². The molecule has 0 radical (unpaired) electrons. The number of carbonyl (C=O) groups excluding carboxylic acids is 1. The van der Waals surface area contributed by atoms with Gasteiger partial charge in [-0.1, -0.05) is 0 Å². The fourth-order valence-corrected chi connectivity index (χ4v) is 5.78. The van der Waals surface area contributed by atoms with Crippen molar-refractivity contribution in [2.24, 2.45) is 17.8 Å². The second kappa shape index (κ2) is 5.67. The minimum Gasteiger partial charge on any atom is -0.462 e. The monoisotopic (exact) mass is 356 g/mol. The highest BCUT2D eigenvalue weighted by Gasteiger charge is 2.54. The maximum atomic E-state index is 12.4. The quantitative estimate of drug-likeness (QED) is 0.728. The Morgan fingerprint density at radius 1 is 1.35 bits per heavy atom. The van der Waals surface area contributed by atoms with Crippen molar-refractivity contribution in [2.75, 3.05) is 11.9 Å². The van der Waals surface area contributed by atoms with Gasteiger partial charge in [0.05, 0.1) is 24.2 Å². The minimum atomic E-state index is -0.474. The van der Waals surface area contributed by atoms with Crippen LogP contribution in [0.25, 0.3) is 11.2 Å². The highest BCUT2D eigenvalue weighted by Crippen LogP contribution is 2.56. The molecular formula is C19H24N4O3. The highest BCUT2D eigenvalue weighted by atomic mass is 16.5. The molecule has 4 fully saturated rings. The number of nitrogens with one attached hydrogen (secondary N) is 2. The Hall–Kier alpha value is -2.15. The number of H-pyrrole nitrogens is 1. The van der Waals surface area contributed by atoms with Crippen molar-refractivity contribution in [1.82, 2.24) is 15.0 Å². The molecule has 4 saturated carbocycles. The Morgan fingerprint density at radius 3 is 2.81 bits per heavy atom. The third-order valence-corrected chi connectivity index (χ3v) is 6.50. The number of aromatic amines is 1. The number of hydrogen-bond acceptors (Lipinski definition) is 6. The zero-order chi connectivity index (χ0) is 17.9. The number of aliphatic hydroxyl groups is 1. The van der Waals surface area contributed by atoms with E-state index in [9.17, 15) is 9.90 Å². The third kappa shape index (κ3) is 2.40. The van der Waals surface area contributed by atoms with E-state index in [1.54, 1.807) is 19.4 Å². The Kier molecular flexibility index (Phi) is 3.50. The van der Waals surface area contributed by atoms with Crippen LogP contribution in [-0.4, -0.2) is 44.3 Å². The lowest BCUT2D eigenvalue weighted by molar-refractivity contribution is -0.129. The summed E-state index contributed by atoms with van der Waals surface area (Å²) in [6.45, 7) is 2.12. The first kappa shape index (κ1) is 16.1. The molecule has 2 heterocycles. The van der Waals surface area contributed by atoms with Crippen LogP contribution in [0.1, 0.15) is 49.4 Å². The summed E-state index contributed by atoms with van der Waals surface area (Å²) in [5.74, 6) is 1.13. The number of pyridine rings is 1. The first-order chi connectivity index (χ1) is 12.6. The molecule has 2 atom stereocenters. The molecule has 3 N–H and O–H groups in total. The fraction of sp³-hybridized carbons (Fsp3) is 0.632. The molecule has 0 aliphatic heterocycles. The van der Waals surface area contributed by atoms with Crippen LogP contribution in [0.2, 0.25) is 0 Å². The molecule has 26 heavy (non-hydrogen) atoms. The number of carbonyl (C=O) groups is 1. The number of hydrogen-bond donors (Lipinski definition) is 3. The van der Waals surface area contributed by atoms with Crippen LogP contribution < -0.4 is 5.32 Å². The summed E-state index contributed by atoms with van der Waals surface area (Å²) in [7, 11) is 0. The molecule has 4 aliphatic carbocycles. The van der Waals surface area contributed by atoms with E-state index in [1.165, 1.54) is 0 Å². The number of anilines is 1. The number of aromatic nitrogens is 3. The third-order valence-electron chi connectivity index (χ3n) is 6.50. The smallest absolute Gasteiger partial charge is 0.341 e. The van der Waals surface area contributed by atoms with Gasteiger partial charge in [-0.25, -0.2) is 14.8 Å². The second-order valence-corrected chi connectivity index (χ2v) is 8.23. The topological polar surface area (TPSA) is 100 Å². The van der Waals surface area contributed by atoms with E-state index in [-0.39, 0.29) is 12.0 Å². The molecule has 0 saturated heterocycles. The van der Waals surface area contributed by atoms with E-state index in [0.717, 1.165) is 32.1 Å². The molecule has 138 valence electrons. The van der Waals surface area contributed by atoms with Gasteiger partial charge in [0.2, 0.25) is 0 Å². The normalized spacial score (nSPS) is 35.0. The van der Waals surface area contributed by atoms with E-state index < -0.39 is 5.60 Å². The van der Waals surface area contributed by atoms with E-state index in [1.807, 2.05) is 0 Å². The molecule has 6 rings (SSSR count). The number of rotatable bonds is 4. The molecule has 4 bridgehead atoms.